The summed E-state index contributed by atoms with van der Waals surface area (Å²) in [5, 5.41) is 13.1. The Morgan fingerprint density at radius 1 is 1.56 bits per heavy atom. The van der Waals surface area contributed by atoms with E-state index in [0.717, 1.165) is 12.1 Å². The van der Waals surface area contributed by atoms with Crippen LogP contribution in [0, 0.1) is 5.82 Å². The maximum absolute atomic E-state index is 12.9. The molecule has 0 atom stereocenters. The summed E-state index contributed by atoms with van der Waals surface area (Å²) in [7, 11) is 1.19. The quantitative estimate of drug-likeness (QED) is 0.594. The Bertz CT molecular complexity index is 432. The zero-order valence-corrected chi connectivity index (χ0v) is 8.82. The molecule has 86 valence electrons. The molecule has 1 aromatic carbocycles. The Kier molecular flexibility index (Phi) is 3.82. The molecule has 0 aliphatic rings. The zero-order valence-electron chi connectivity index (χ0n) is 8.82. The van der Waals surface area contributed by atoms with Crippen LogP contribution in [-0.4, -0.2) is 24.0 Å². The number of ether oxygens (including phenoxy) is 1. The normalized spacial score (nSPS) is 11.1. The van der Waals surface area contributed by atoms with Crippen molar-refractivity contribution in [3.8, 4) is 5.75 Å². The van der Waals surface area contributed by atoms with E-state index in [9.17, 15) is 14.3 Å². The molecule has 1 amide bonds. The highest BCUT2D eigenvalue weighted by Gasteiger charge is 2.06. The van der Waals surface area contributed by atoms with Crippen LogP contribution in [0.2, 0.25) is 0 Å². The van der Waals surface area contributed by atoms with Gasteiger partial charge in [-0.25, -0.2) is 14.6 Å². The Balaban J connectivity index is 2.91. The number of rotatable bonds is 2. The number of phenols is 1. The summed E-state index contributed by atoms with van der Waals surface area (Å²) in [5.41, 5.74) is 2.54. The Hall–Kier alpha value is -2.11. The van der Waals surface area contributed by atoms with Crippen molar-refractivity contribution in [1.82, 2.24) is 5.43 Å². The maximum atomic E-state index is 12.9. The largest absolute Gasteiger partial charge is 0.507 e. The van der Waals surface area contributed by atoms with Gasteiger partial charge in [0.2, 0.25) is 0 Å². The van der Waals surface area contributed by atoms with Gasteiger partial charge in [-0.2, -0.15) is 5.10 Å². The van der Waals surface area contributed by atoms with Gasteiger partial charge in [0.1, 0.15) is 11.6 Å². The molecular weight excluding hydrogens is 215 g/mol. The number of halogens is 1. The number of nitrogens with zero attached hydrogens (tertiary/aromatic N) is 1. The highest BCUT2D eigenvalue weighted by Crippen LogP contribution is 2.18. The van der Waals surface area contributed by atoms with Crippen LogP contribution < -0.4 is 5.43 Å². The number of carbonyl (C=O) groups excluding carboxylic acids is 1. The lowest BCUT2D eigenvalue weighted by atomic mass is 10.1. The lowest BCUT2D eigenvalue weighted by Gasteiger charge is -2.04. The third-order valence-corrected chi connectivity index (χ3v) is 1.85. The zero-order chi connectivity index (χ0) is 12.1. The van der Waals surface area contributed by atoms with Crippen LogP contribution in [0.3, 0.4) is 0 Å². The molecule has 0 unspecified atom stereocenters. The predicted molar refractivity (Wildman–Crippen MR) is 55.8 cm³/mol. The minimum Gasteiger partial charge on any atom is -0.507 e. The van der Waals surface area contributed by atoms with Crippen molar-refractivity contribution >= 4 is 11.8 Å². The summed E-state index contributed by atoms with van der Waals surface area (Å²) in [6.07, 6.45) is -0.741. The third-order valence-electron chi connectivity index (χ3n) is 1.85. The maximum Gasteiger partial charge on any atom is 0.427 e. The standard InChI is InChI=1S/C10H11FN2O3/c1-6(12-13-10(15)16-2)8-5-7(11)3-4-9(8)14/h3-5,14H,1-2H3,(H,13,15)/b12-6+. The number of hydrazone groups is 1. The highest BCUT2D eigenvalue weighted by molar-refractivity contribution is 6.01. The molecule has 0 saturated carbocycles. The fraction of sp³-hybridized carbons (Fsp3) is 0.200. The van der Waals surface area contributed by atoms with E-state index >= 15 is 0 Å². The second-order valence-electron chi connectivity index (χ2n) is 2.96. The molecule has 0 radical (unpaired) electrons. The van der Waals surface area contributed by atoms with E-state index in [1.807, 2.05) is 0 Å². The fourth-order valence-corrected chi connectivity index (χ4v) is 1.03. The van der Waals surface area contributed by atoms with Crippen molar-refractivity contribution < 1.29 is 19.0 Å². The average Bonchev–Trinajstić information content (AvgIpc) is 2.28. The minimum absolute atomic E-state index is 0.116. The molecule has 5 nitrogen and oxygen atoms in total. The first-order chi connectivity index (χ1) is 7.54. The summed E-state index contributed by atoms with van der Waals surface area (Å²) in [6, 6.07) is 3.45. The van der Waals surface area contributed by atoms with E-state index in [1.165, 1.54) is 20.1 Å². The second kappa shape index (κ2) is 5.11. The van der Waals surface area contributed by atoms with Crippen LogP contribution >= 0.6 is 0 Å². The van der Waals surface area contributed by atoms with Gasteiger partial charge in [0, 0.05) is 5.56 Å². The van der Waals surface area contributed by atoms with Crippen LogP contribution in [0.15, 0.2) is 23.3 Å². The van der Waals surface area contributed by atoms with E-state index in [-0.39, 0.29) is 17.0 Å². The first-order valence-electron chi connectivity index (χ1n) is 4.41. The van der Waals surface area contributed by atoms with E-state index in [0.29, 0.717) is 0 Å². The molecule has 0 bridgehead atoms. The van der Waals surface area contributed by atoms with Crippen LogP contribution in [0.4, 0.5) is 9.18 Å². The number of hydrogen-bond acceptors (Lipinski definition) is 4. The van der Waals surface area contributed by atoms with E-state index < -0.39 is 11.9 Å². The van der Waals surface area contributed by atoms with E-state index in [2.05, 4.69) is 15.3 Å². The van der Waals surface area contributed by atoms with Crippen LogP contribution in [0.1, 0.15) is 12.5 Å². The summed E-state index contributed by atoms with van der Waals surface area (Å²) in [6.45, 7) is 1.52. The van der Waals surface area contributed by atoms with Crippen molar-refractivity contribution in [2.45, 2.75) is 6.92 Å². The molecule has 0 aromatic heterocycles. The van der Waals surface area contributed by atoms with Crippen LogP contribution in [0.5, 0.6) is 5.75 Å². The molecule has 16 heavy (non-hydrogen) atoms. The lowest BCUT2D eigenvalue weighted by molar-refractivity contribution is 0.171. The molecule has 0 spiro atoms. The van der Waals surface area contributed by atoms with Gasteiger partial charge >= 0.3 is 6.09 Å². The van der Waals surface area contributed by atoms with Crippen molar-refractivity contribution in [1.29, 1.82) is 0 Å². The van der Waals surface area contributed by atoms with Crippen LogP contribution in [0.25, 0.3) is 0 Å². The Morgan fingerprint density at radius 2 is 2.25 bits per heavy atom. The molecule has 1 rings (SSSR count). The highest BCUT2D eigenvalue weighted by atomic mass is 19.1. The van der Waals surface area contributed by atoms with Gasteiger partial charge in [-0.1, -0.05) is 0 Å². The predicted octanol–water partition coefficient (Wildman–Crippen LogP) is 1.61. The number of nitrogens with one attached hydrogen (secondary N) is 1. The smallest absolute Gasteiger partial charge is 0.427 e. The summed E-state index contributed by atoms with van der Waals surface area (Å²) in [5.74, 6) is -0.616. The molecule has 6 heteroatoms. The second-order valence-corrected chi connectivity index (χ2v) is 2.96. The van der Waals surface area contributed by atoms with E-state index in [1.54, 1.807) is 0 Å². The van der Waals surface area contributed by atoms with Crippen molar-refractivity contribution in [3.63, 3.8) is 0 Å². The molecular formula is C10H11FN2O3. The van der Waals surface area contributed by atoms with Gasteiger partial charge in [-0.05, 0) is 25.1 Å². The lowest BCUT2D eigenvalue weighted by Crippen LogP contribution is -2.18. The first kappa shape index (κ1) is 12.0. The van der Waals surface area contributed by atoms with Gasteiger partial charge < -0.3 is 9.84 Å². The molecule has 1 aromatic rings. The number of carbonyl (C=O) groups is 1. The summed E-state index contributed by atoms with van der Waals surface area (Å²) in [4.78, 5) is 10.7. The van der Waals surface area contributed by atoms with Gasteiger partial charge in [0.25, 0.3) is 0 Å². The van der Waals surface area contributed by atoms with Gasteiger partial charge in [0.05, 0.1) is 12.8 Å². The molecule has 0 saturated heterocycles. The third kappa shape index (κ3) is 2.94. The summed E-state index contributed by atoms with van der Waals surface area (Å²) < 4.78 is 17.2. The van der Waals surface area contributed by atoms with Crippen molar-refractivity contribution in [2.24, 2.45) is 5.10 Å². The number of aromatic hydroxyl groups is 1. The first-order valence-corrected chi connectivity index (χ1v) is 4.41. The number of amides is 1. The minimum atomic E-state index is -0.741. The van der Waals surface area contributed by atoms with Crippen molar-refractivity contribution in [2.75, 3.05) is 7.11 Å². The number of phenolic OH excluding ortho intramolecular Hbond substituents is 1. The average molecular weight is 226 g/mol. The van der Waals surface area contributed by atoms with Crippen molar-refractivity contribution in [3.05, 3.63) is 29.6 Å². The van der Waals surface area contributed by atoms with Gasteiger partial charge in [-0.15, -0.1) is 0 Å². The molecule has 0 fully saturated rings. The molecule has 0 aliphatic heterocycles. The Labute approximate surface area is 91.5 Å². The van der Waals surface area contributed by atoms with Crippen LogP contribution in [-0.2, 0) is 4.74 Å². The fourth-order valence-electron chi connectivity index (χ4n) is 1.03. The van der Waals surface area contributed by atoms with Gasteiger partial charge in [0.15, 0.2) is 0 Å². The topological polar surface area (TPSA) is 70.9 Å². The summed E-state index contributed by atoms with van der Waals surface area (Å²) >= 11 is 0. The molecule has 0 aliphatic carbocycles. The molecule has 2 N–H and O–H groups in total. The SMILES string of the molecule is COC(=O)N/N=C(\C)c1cc(F)ccc1O. The van der Waals surface area contributed by atoms with Gasteiger partial charge in [-0.3, -0.25) is 0 Å². The molecule has 0 heterocycles. The van der Waals surface area contributed by atoms with E-state index in [4.69, 9.17) is 0 Å². The number of hydrogen-bond donors (Lipinski definition) is 2. The monoisotopic (exact) mass is 226 g/mol. The Morgan fingerprint density at radius 3 is 2.88 bits per heavy atom. The number of benzene rings is 1. The number of methoxy groups -OCH3 is 1.